The summed E-state index contributed by atoms with van der Waals surface area (Å²) in [5.74, 6) is 0.209. The normalized spacial score (nSPS) is 11.1. The summed E-state index contributed by atoms with van der Waals surface area (Å²) in [6.07, 6.45) is 4.45. The van der Waals surface area contributed by atoms with E-state index in [1.807, 2.05) is 6.92 Å². The fourth-order valence-electron chi connectivity index (χ4n) is 1.96. The van der Waals surface area contributed by atoms with Crippen molar-refractivity contribution < 1.29 is 19.4 Å². The van der Waals surface area contributed by atoms with Crippen LogP contribution in [0.2, 0.25) is 0 Å². The van der Waals surface area contributed by atoms with Gasteiger partial charge >= 0.3 is 5.97 Å². The first-order chi connectivity index (χ1) is 11.4. The molecule has 128 valence electrons. The summed E-state index contributed by atoms with van der Waals surface area (Å²) in [7, 11) is 0. The fraction of sp³-hybridized carbons (Fsp3) is 0.412. The number of hydrogen-bond donors (Lipinski definition) is 1. The lowest BCUT2D eigenvalue weighted by Gasteiger charge is -2.24. The summed E-state index contributed by atoms with van der Waals surface area (Å²) in [5, 5.41) is 10.2. The Bertz CT molecular complexity index is 689. The van der Waals surface area contributed by atoms with Crippen molar-refractivity contribution in [2.75, 3.05) is 6.61 Å². The number of benzene rings is 1. The molecule has 0 bridgehead atoms. The topological polar surface area (TPSA) is 94.4 Å². The molecular formula is C17H21N3O4. The smallest absolute Gasteiger partial charge is 0.349 e. The molecule has 0 unspecified atom stereocenters. The molecule has 0 aliphatic heterocycles. The lowest BCUT2D eigenvalue weighted by molar-refractivity contribution is -0.159. The van der Waals surface area contributed by atoms with E-state index in [2.05, 4.69) is 15.0 Å². The lowest BCUT2D eigenvalue weighted by atomic mass is 10.1. The van der Waals surface area contributed by atoms with Crippen LogP contribution in [0.3, 0.4) is 0 Å². The van der Waals surface area contributed by atoms with E-state index in [1.165, 1.54) is 18.7 Å². The molecule has 0 spiro atoms. The minimum atomic E-state index is -1.16. The first-order valence-corrected chi connectivity index (χ1v) is 7.75. The summed E-state index contributed by atoms with van der Waals surface area (Å²) in [6, 6.07) is 4.68. The summed E-state index contributed by atoms with van der Waals surface area (Å²) in [4.78, 5) is 23.8. The van der Waals surface area contributed by atoms with Crippen molar-refractivity contribution in [3.63, 3.8) is 0 Å². The van der Waals surface area contributed by atoms with Gasteiger partial charge in [-0.1, -0.05) is 13.3 Å². The maximum absolute atomic E-state index is 12.1. The quantitative estimate of drug-likeness (QED) is 0.615. The highest BCUT2D eigenvalue weighted by molar-refractivity contribution is 5.79. The molecule has 0 saturated carbocycles. The van der Waals surface area contributed by atoms with Crippen LogP contribution < -0.4 is 4.74 Å². The number of ether oxygens (including phenoxy) is 2. The largest absolute Gasteiger partial charge is 0.507 e. The van der Waals surface area contributed by atoms with Crippen LogP contribution in [0.25, 0.3) is 11.4 Å². The van der Waals surface area contributed by atoms with Gasteiger partial charge in [0, 0.05) is 6.07 Å². The number of unbranched alkanes of at least 4 members (excludes halogenated alkanes) is 1. The molecule has 7 nitrogen and oxygen atoms in total. The van der Waals surface area contributed by atoms with Crippen molar-refractivity contribution in [1.29, 1.82) is 0 Å². The molecule has 0 aliphatic carbocycles. The molecule has 0 fully saturated rings. The second kappa shape index (κ2) is 7.72. The van der Waals surface area contributed by atoms with Crippen LogP contribution in [0.5, 0.6) is 11.5 Å². The Labute approximate surface area is 140 Å². The lowest BCUT2D eigenvalue weighted by Crippen LogP contribution is -2.39. The molecule has 0 aliphatic rings. The van der Waals surface area contributed by atoms with Gasteiger partial charge in [0.05, 0.1) is 12.2 Å². The van der Waals surface area contributed by atoms with Crippen LogP contribution in [0.1, 0.15) is 33.6 Å². The van der Waals surface area contributed by atoms with Crippen LogP contribution >= 0.6 is 0 Å². The highest BCUT2D eigenvalue weighted by Crippen LogP contribution is 2.31. The molecular weight excluding hydrogens is 310 g/mol. The van der Waals surface area contributed by atoms with E-state index in [0.29, 0.717) is 23.7 Å². The number of aromatic hydroxyl groups is 1. The number of aromatic nitrogens is 3. The number of hydrogen-bond acceptors (Lipinski definition) is 7. The summed E-state index contributed by atoms with van der Waals surface area (Å²) in [6.45, 7) is 5.63. The van der Waals surface area contributed by atoms with E-state index in [-0.39, 0.29) is 5.75 Å². The molecule has 0 atom stereocenters. The fourth-order valence-corrected chi connectivity index (χ4v) is 1.96. The minimum Gasteiger partial charge on any atom is -0.507 e. The number of phenolic OH excluding ortho intramolecular Hbond substituents is 1. The van der Waals surface area contributed by atoms with E-state index >= 15 is 0 Å². The van der Waals surface area contributed by atoms with Gasteiger partial charge in [0.1, 0.15) is 24.2 Å². The molecule has 7 heteroatoms. The average molecular weight is 331 g/mol. The Morgan fingerprint density at radius 2 is 1.96 bits per heavy atom. The highest BCUT2D eigenvalue weighted by Gasteiger charge is 2.32. The number of carbonyl (C=O) groups is 1. The molecule has 2 aromatic rings. The van der Waals surface area contributed by atoms with Gasteiger partial charge in [-0.25, -0.2) is 19.7 Å². The third-order valence-electron chi connectivity index (χ3n) is 3.30. The zero-order chi connectivity index (χ0) is 17.6. The van der Waals surface area contributed by atoms with E-state index in [1.54, 1.807) is 26.0 Å². The zero-order valence-electron chi connectivity index (χ0n) is 14.0. The Balaban J connectivity index is 2.10. The SMILES string of the molecule is CCCCOC(=O)C(C)(C)Oc1ccc(-c2ncncn2)c(O)c1. The molecule has 0 radical (unpaired) electrons. The number of carbonyl (C=O) groups excluding carboxylic acids is 1. The highest BCUT2D eigenvalue weighted by atomic mass is 16.6. The molecule has 0 saturated heterocycles. The van der Waals surface area contributed by atoms with E-state index in [4.69, 9.17) is 9.47 Å². The van der Waals surface area contributed by atoms with Crippen LogP contribution in [-0.4, -0.2) is 38.2 Å². The van der Waals surface area contributed by atoms with E-state index in [0.717, 1.165) is 12.8 Å². The molecule has 1 aromatic heterocycles. The first-order valence-electron chi connectivity index (χ1n) is 7.75. The third kappa shape index (κ3) is 4.41. The standard InChI is InChI=1S/C17H21N3O4/c1-4-5-8-23-16(22)17(2,3)24-12-6-7-13(14(21)9-12)15-19-10-18-11-20-15/h6-7,9-11,21H,4-5,8H2,1-3H3. The summed E-state index contributed by atoms with van der Waals surface area (Å²) < 4.78 is 10.9. The Morgan fingerprint density at radius 1 is 1.25 bits per heavy atom. The van der Waals surface area contributed by atoms with Crippen LogP contribution in [0.4, 0.5) is 0 Å². The van der Waals surface area contributed by atoms with E-state index < -0.39 is 11.6 Å². The number of nitrogens with zero attached hydrogens (tertiary/aromatic N) is 3. The maximum atomic E-state index is 12.1. The predicted molar refractivity (Wildman–Crippen MR) is 87.5 cm³/mol. The first kappa shape index (κ1) is 17.7. The van der Waals surface area contributed by atoms with Crippen molar-refractivity contribution in [1.82, 2.24) is 15.0 Å². The van der Waals surface area contributed by atoms with Crippen molar-refractivity contribution in [2.24, 2.45) is 0 Å². The number of rotatable bonds is 7. The van der Waals surface area contributed by atoms with E-state index in [9.17, 15) is 9.90 Å². The van der Waals surface area contributed by atoms with Crippen molar-refractivity contribution in [3.8, 4) is 22.9 Å². The van der Waals surface area contributed by atoms with Gasteiger partial charge in [0.2, 0.25) is 0 Å². The predicted octanol–water partition coefficient (Wildman–Crippen LogP) is 2.74. The second-order valence-electron chi connectivity index (χ2n) is 5.74. The van der Waals surface area contributed by atoms with Crippen LogP contribution in [0, 0.1) is 0 Å². The maximum Gasteiger partial charge on any atom is 0.349 e. The Kier molecular flexibility index (Phi) is 5.68. The summed E-state index contributed by atoms with van der Waals surface area (Å²) >= 11 is 0. The Hall–Kier alpha value is -2.70. The van der Waals surface area contributed by atoms with Gasteiger partial charge in [-0.2, -0.15) is 0 Å². The minimum absolute atomic E-state index is 0.0474. The average Bonchev–Trinajstić information content (AvgIpc) is 2.55. The van der Waals surface area contributed by atoms with Gasteiger partial charge in [-0.3, -0.25) is 0 Å². The van der Waals surface area contributed by atoms with Gasteiger partial charge < -0.3 is 14.6 Å². The molecule has 24 heavy (non-hydrogen) atoms. The van der Waals surface area contributed by atoms with Gasteiger partial charge in [-0.15, -0.1) is 0 Å². The molecule has 1 aromatic carbocycles. The zero-order valence-corrected chi connectivity index (χ0v) is 14.0. The molecule has 1 heterocycles. The van der Waals surface area contributed by atoms with Crippen molar-refractivity contribution in [3.05, 3.63) is 30.9 Å². The van der Waals surface area contributed by atoms with Gasteiger partial charge in [-0.05, 0) is 32.4 Å². The summed E-state index contributed by atoms with van der Waals surface area (Å²) in [5.41, 5.74) is -0.706. The van der Waals surface area contributed by atoms with Crippen LogP contribution in [-0.2, 0) is 9.53 Å². The number of phenols is 1. The van der Waals surface area contributed by atoms with Crippen molar-refractivity contribution >= 4 is 5.97 Å². The molecule has 2 rings (SSSR count). The number of esters is 1. The second-order valence-corrected chi connectivity index (χ2v) is 5.74. The van der Waals surface area contributed by atoms with Crippen LogP contribution in [0.15, 0.2) is 30.9 Å². The molecule has 1 N–H and O–H groups in total. The third-order valence-corrected chi connectivity index (χ3v) is 3.30. The van der Waals surface area contributed by atoms with Gasteiger partial charge in [0.15, 0.2) is 11.4 Å². The Morgan fingerprint density at radius 3 is 2.58 bits per heavy atom. The van der Waals surface area contributed by atoms with Crippen molar-refractivity contribution in [2.45, 2.75) is 39.2 Å². The monoisotopic (exact) mass is 331 g/mol. The van der Waals surface area contributed by atoms with Gasteiger partial charge in [0.25, 0.3) is 0 Å². The molecule has 0 amide bonds.